The minimum absolute atomic E-state index is 0.212. The molecule has 0 saturated carbocycles. The molecule has 1 N–H and O–H groups in total. The molecule has 1 aliphatic heterocycles. The summed E-state index contributed by atoms with van der Waals surface area (Å²) >= 11 is 0. The molecule has 23 heavy (non-hydrogen) atoms. The SMILES string of the molecule is Cc1[nH]c2ccccc2c1[C@H](c1cccnc1)N1CCOCC1. The number of H-pyrrole nitrogens is 1. The van der Waals surface area contributed by atoms with Gasteiger partial charge in [-0.3, -0.25) is 9.88 Å². The molecule has 1 saturated heterocycles. The third-order valence-corrected chi connectivity index (χ3v) is 4.63. The minimum Gasteiger partial charge on any atom is -0.379 e. The van der Waals surface area contributed by atoms with Crippen molar-refractivity contribution in [1.29, 1.82) is 0 Å². The van der Waals surface area contributed by atoms with Gasteiger partial charge in [-0.1, -0.05) is 24.3 Å². The lowest BCUT2D eigenvalue weighted by Gasteiger charge is -2.35. The molecule has 2 aromatic heterocycles. The van der Waals surface area contributed by atoms with Crippen molar-refractivity contribution in [3.8, 4) is 0 Å². The summed E-state index contributed by atoms with van der Waals surface area (Å²) in [5, 5.41) is 1.30. The van der Waals surface area contributed by atoms with Gasteiger partial charge in [-0.25, -0.2) is 0 Å². The molecule has 0 bridgehead atoms. The second-order valence-electron chi connectivity index (χ2n) is 6.05. The molecule has 1 aromatic carbocycles. The number of hydrogen-bond donors (Lipinski definition) is 1. The van der Waals surface area contributed by atoms with Crippen LogP contribution in [-0.4, -0.2) is 41.2 Å². The van der Waals surface area contributed by atoms with E-state index in [0.717, 1.165) is 26.3 Å². The molecule has 3 heterocycles. The van der Waals surface area contributed by atoms with E-state index in [-0.39, 0.29) is 6.04 Å². The molecule has 118 valence electrons. The Labute approximate surface area is 136 Å². The van der Waals surface area contributed by atoms with Crippen LogP contribution in [-0.2, 0) is 4.74 Å². The predicted molar refractivity (Wildman–Crippen MR) is 91.5 cm³/mol. The van der Waals surface area contributed by atoms with Crippen molar-refractivity contribution in [2.75, 3.05) is 26.3 Å². The minimum atomic E-state index is 0.212. The number of rotatable bonds is 3. The van der Waals surface area contributed by atoms with Gasteiger partial charge in [0.15, 0.2) is 0 Å². The summed E-state index contributed by atoms with van der Waals surface area (Å²) in [6.07, 6.45) is 3.82. The van der Waals surface area contributed by atoms with E-state index in [9.17, 15) is 0 Å². The molecule has 0 aliphatic carbocycles. The van der Waals surface area contributed by atoms with E-state index in [2.05, 4.69) is 52.1 Å². The molecule has 4 rings (SSSR count). The Hall–Kier alpha value is -2.17. The van der Waals surface area contributed by atoms with Crippen LogP contribution in [0.4, 0.5) is 0 Å². The van der Waals surface area contributed by atoms with Gasteiger partial charge in [0.25, 0.3) is 0 Å². The number of hydrogen-bond acceptors (Lipinski definition) is 3. The fourth-order valence-corrected chi connectivity index (χ4v) is 3.58. The number of aryl methyl sites for hydroxylation is 1. The third-order valence-electron chi connectivity index (χ3n) is 4.63. The monoisotopic (exact) mass is 307 g/mol. The number of ether oxygens (including phenoxy) is 1. The van der Waals surface area contributed by atoms with E-state index in [1.54, 1.807) is 0 Å². The van der Waals surface area contributed by atoms with Gasteiger partial charge in [0, 0.05) is 47.6 Å². The van der Waals surface area contributed by atoms with E-state index in [1.165, 1.54) is 27.7 Å². The van der Waals surface area contributed by atoms with E-state index in [1.807, 2.05) is 18.5 Å². The molecule has 0 spiro atoms. The van der Waals surface area contributed by atoms with Gasteiger partial charge in [-0.2, -0.15) is 0 Å². The number of aromatic amines is 1. The summed E-state index contributed by atoms with van der Waals surface area (Å²) in [6, 6.07) is 12.9. The van der Waals surface area contributed by atoms with Crippen LogP contribution in [0.2, 0.25) is 0 Å². The Morgan fingerprint density at radius 3 is 2.74 bits per heavy atom. The van der Waals surface area contributed by atoms with Crippen LogP contribution in [0.25, 0.3) is 10.9 Å². The largest absolute Gasteiger partial charge is 0.379 e. The van der Waals surface area contributed by atoms with Gasteiger partial charge in [0.1, 0.15) is 0 Å². The van der Waals surface area contributed by atoms with Crippen molar-refractivity contribution in [1.82, 2.24) is 14.9 Å². The zero-order chi connectivity index (χ0) is 15.6. The Balaban J connectivity index is 1.88. The lowest BCUT2D eigenvalue weighted by molar-refractivity contribution is 0.0240. The molecule has 0 radical (unpaired) electrons. The maximum Gasteiger partial charge on any atom is 0.0642 e. The number of nitrogens with zero attached hydrogens (tertiary/aromatic N) is 2. The summed E-state index contributed by atoms with van der Waals surface area (Å²) in [5.74, 6) is 0. The second-order valence-corrected chi connectivity index (χ2v) is 6.05. The van der Waals surface area contributed by atoms with Crippen molar-refractivity contribution in [3.05, 3.63) is 65.6 Å². The van der Waals surface area contributed by atoms with Crippen LogP contribution in [0, 0.1) is 6.92 Å². The standard InChI is InChI=1S/C19H21N3O/c1-14-18(16-6-2-3-7-17(16)21-14)19(15-5-4-8-20-13-15)22-9-11-23-12-10-22/h2-8,13,19,21H,9-12H2,1H3/t19-/m0/s1. The Morgan fingerprint density at radius 1 is 1.13 bits per heavy atom. The molecule has 0 unspecified atom stereocenters. The highest BCUT2D eigenvalue weighted by Gasteiger charge is 2.28. The molecule has 3 aromatic rings. The Kier molecular flexibility index (Phi) is 3.85. The zero-order valence-electron chi connectivity index (χ0n) is 13.3. The summed E-state index contributed by atoms with van der Waals surface area (Å²) in [4.78, 5) is 10.4. The first kappa shape index (κ1) is 14.4. The Morgan fingerprint density at radius 2 is 1.96 bits per heavy atom. The predicted octanol–water partition coefficient (Wildman–Crippen LogP) is 3.29. The smallest absolute Gasteiger partial charge is 0.0642 e. The molecule has 1 atom stereocenters. The van der Waals surface area contributed by atoms with Gasteiger partial charge in [0.2, 0.25) is 0 Å². The molecule has 1 fully saturated rings. The van der Waals surface area contributed by atoms with Crippen molar-refractivity contribution in [2.45, 2.75) is 13.0 Å². The van der Waals surface area contributed by atoms with E-state index in [4.69, 9.17) is 4.74 Å². The van der Waals surface area contributed by atoms with Gasteiger partial charge in [-0.15, -0.1) is 0 Å². The van der Waals surface area contributed by atoms with E-state index in [0.29, 0.717) is 0 Å². The quantitative estimate of drug-likeness (QED) is 0.807. The first-order valence-corrected chi connectivity index (χ1v) is 8.13. The highest BCUT2D eigenvalue weighted by atomic mass is 16.5. The summed E-state index contributed by atoms with van der Waals surface area (Å²) in [5.41, 5.74) is 5.02. The number of para-hydroxylation sites is 1. The molecule has 4 nitrogen and oxygen atoms in total. The average Bonchev–Trinajstić information content (AvgIpc) is 2.94. The van der Waals surface area contributed by atoms with Crippen LogP contribution >= 0.6 is 0 Å². The Bertz CT molecular complexity index is 791. The van der Waals surface area contributed by atoms with Gasteiger partial charge in [-0.05, 0) is 24.6 Å². The highest BCUT2D eigenvalue weighted by Crippen LogP contribution is 2.36. The topological polar surface area (TPSA) is 41.2 Å². The number of pyridine rings is 1. The number of nitrogens with one attached hydrogen (secondary N) is 1. The lowest BCUT2D eigenvalue weighted by Crippen LogP contribution is -2.39. The fourth-order valence-electron chi connectivity index (χ4n) is 3.58. The fraction of sp³-hybridized carbons (Fsp3) is 0.316. The summed E-state index contributed by atoms with van der Waals surface area (Å²) in [7, 11) is 0. The van der Waals surface area contributed by atoms with E-state index < -0.39 is 0 Å². The van der Waals surface area contributed by atoms with Crippen LogP contribution in [0.5, 0.6) is 0 Å². The average molecular weight is 307 g/mol. The first-order chi connectivity index (χ1) is 11.3. The molecule has 4 heteroatoms. The van der Waals surface area contributed by atoms with Crippen LogP contribution in [0.1, 0.15) is 22.9 Å². The molecular weight excluding hydrogens is 286 g/mol. The highest BCUT2D eigenvalue weighted by molar-refractivity contribution is 5.85. The lowest BCUT2D eigenvalue weighted by atomic mass is 9.95. The maximum absolute atomic E-state index is 5.56. The number of aromatic nitrogens is 2. The van der Waals surface area contributed by atoms with Crippen LogP contribution in [0.15, 0.2) is 48.8 Å². The number of fused-ring (bicyclic) bond motifs is 1. The van der Waals surface area contributed by atoms with Gasteiger partial charge < -0.3 is 9.72 Å². The van der Waals surface area contributed by atoms with Crippen molar-refractivity contribution in [3.63, 3.8) is 0 Å². The molecule has 1 aliphatic rings. The van der Waals surface area contributed by atoms with Crippen molar-refractivity contribution in [2.24, 2.45) is 0 Å². The van der Waals surface area contributed by atoms with Crippen molar-refractivity contribution < 1.29 is 4.74 Å². The zero-order valence-corrected chi connectivity index (χ0v) is 13.3. The maximum atomic E-state index is 5.56. The van der Waals surface area contributed by atoms with Crippen molar-refractivity contribution >= 4 is 10.9 Å². The molecular formula is C19H21N3O. The number of morpholine rings is 1. The van der Waals surface area contributed by atoms with Gasteiger partial charge in [0.05, 0.1) is 19.3 Å². The van der Waals surface area contributed by atoms with E-state index >= 15 is 0 Å². The van der Waals surface area contributed by atoms with Crippen LogP contribution < -0.4 is 0 Å². The third kappa shape index (κ3) is 2.64. The van der Waals surface area contributed by atoms with Gasteiger partial charge >= 0.3 is 0 Å². The normalized spacial score (nSPS) is 17.4. The summed E-state index contributed by atoms with van der Waals surface area (Å²) < 4.78 is 5.56. The molecule has 0 amide bonds. The van der Waals surface area contributed by atoms with Crippen LogP contribution in [0.3, 0.4) is 0 Å². The first-order valence-electron chi connectivity index (χ1n) is 8.13. The number of benzene rings is 1. The second kappa shape index (κ2) is 6.14. The summed E-state index contributed by atoms with van der Waals surface area (Å²) in [6.45, 7) is 5.63.